The van der Waals surface area contributed by atoms with Crippen molar-refractivity contribution in [2.24, 2.45) is 10.9 Å². The second kappa shape index (κ2) is 6.47. The largest absolute Gasteiger partial charge is 0.497 e. The SMILES string of the molecule is COCCN(c1cc(OC)ccc1/C(N)=N/O)C1CC1. The molecule has 0 saturated heterocycles. The van der Waals surface area contributed by atoms with E-state index in [0.29, 0.717) is 18.2 Å². The molecule has 0 radical (unpaired) electrons. The monoisotopic (exact) mass is 279 g/mol. The molecule has 110 valence electrons. The first-order valence-corrected chi connectivity index (χ1v) is 6.62. The number of methoxy groups -OCH3 is 2. The van der Waals surface area contributed by atoms with Gasteiger partial charge in [0.1, 0.15) is 5.75 Å². The van der Waals surface area contributed by atoms with E-state index in [-0.39, 0.29) is 5.84 Å². The molecule has 0 unspecified atom stereocenters. The summed E-state index contributed by atoms with van der Waals surface area (Å²) in [6, 6.07) is 6.02. The van der Waals surface area contributed by atoms with Gasteiger partial charge < -0.3 is 25.3 Å². The third-order valence-corrected chi connectivity index (χ3v) is 3.42. The fourth-order valence-corrected chi connectivity index (χ4v) is 2.22. The zero-order valence-electron chi connectivity index (χ0n) is 11.9. The molecule has 6 heteroatoms. The van der Waals surface area contributed by atoms with Crippen LogP contribution in [0, 0.1) is 0 Å². The molecule has 1 aromatic carbocycles. The molecule has 0 aromatic heterocycles. The lowest BCUT2D eigenvalue weighted by atomic mass is 10.1. The summed E-state index contributed by atoms with van der Waals surface area (Å²) in [5.41, 5.74) is 7.40. The van der Waals surface area contributed by atoms with Gasteiger partial charge in [-0.3, -0.25) is 0 Å². The molecule has 0 amide bonds. The Hall–Kier alpha value is -1.95. The molecular weight excluding hydrogens is 258 g/mol. The maximum Gasteiger partial charge on any atom is 0.172 e. The fraction of sp³-hybridized carbons (Fsp3) is 0.500. The molecule has 0 aliphatic heterocycles. The summed E-state index contributed by atoms with van der Waals surface area (Å²) in [7, 11) is 3.31. The van der Waals surface area contributed by atoms with Gasteiger partial charge in [-0.2, -0.15) is 0 Å². The Balaban J connectivity index is 2.38. The van der Waals surface area contributed by atoms with Crippen molar-refractivity contribution in [1.29, 1.82) is 0 Å². The quantitative estimate of drug-likeness (QED) is 0.341. The minimum Gasteiger partial charge on any atom is -0.497 e. The van der Waals surface area contributed by atoms with E-state index in [2.05, 4.69) is 10.1 Å². The molecule has 0 bridgehead atoms. The predicted molar refractivity (Wildman–Crippen MR) is 77.7 cm³/mol. The highest BCUT2D eigenvalue weighted by molar-refractivity contribution is 6.02. The molecule has 0 atom stereocenters. The molecule has 1 aliphatic carbocycles. The van der Waals surface area contributed by atoms with Crippen molar-refractivity contribution in [3.05, 3.63) is 23.8 Å². The molecule has 2 rings (SSSR count). The van der Waals surface area contributed by atoms with E-state index >= 15 is 0 Å². The Bertz CT molecular complexity index is 487. The Morgan fingerprint density at radius 1 is 1.45 bits per heavy atom. The number of rotatable bonds is 7. The highest BCUT2D eigenvalue weighted by Gasteiger charge is 2.31. The summed E-state index contributed by atoms with van der Waals surface area (Å²) in [5.74, 6) is 0.850. The predicted octanol–water partition coefficient (Wildman–Crippen LogP) is 1.40. The summed E-state index contributed by atoms with van der Waals surface area (Å²) in [6.45, 7) is 1.39. The van der Waals surface area contributed by atoms with Crippen LogP contribution in [-0.2, 0) is 4.74 Å². The van der Waals surface area contributed by atoms with Crippen molar-refractivity contribution in [1.82, 2.24) is 0 Å². The Morgan fingerprint density at radius 3 is 2.75 bits per heavy atom. The van der Waals surface area contributed by atoms with Gasteiger partial charge in [-0.15, -0.1) is 0 Å². The third-order valence-electron chi connectivity index (χ3n) is 3.42. The molecule has 1 fully saturated rings. The number of ether oxygens (including phenoxy) is 2. The van der Waals surface area contributed by atoms with E-state index in [1.54, 1.807) is 20.3 Å². The van der Waals surface area contributed by atoms with Crippen molar-refractivity contribution in [3.8, 4) is 5.75 Å². The summed E-state index contributed by atoms with van der Waals surface area (Å²) in [4.78, 5) is 2.24. The first-order chi connectivity index (χ1) is 9.71. The van der Waals surface area contributed by atoms with Gasteiger partial charge in [0.15, 0.2) is 5.84 Å². The zero-order chi connectivity index (χ0) is 14.5. The maximum atomic E-state index is 8.94. The Kier molecular flexibility index (Phi) is 4.68. The minimum absolute atomic E-state index is 0.103. The normalized spacial score (nSPS) is 15.2. The first-order valence-electron chi connectivity index (χ1n) is 6.62. The van der Waals surface area contributed by atoms with Gasteiger partial charge in [-0.25, -0.2) is 0 Å². The van der Waals surface area contributed by atoms with E-state index in [1.165, 1.54) is 0 Å². The fourth-order valence-electron chi connectivity index (χ4n) is 2.22. The lowest BCUT2D eigenvalue weighted by molar-refractivity contribution is 0.205. The van der Waals surface area contributed by atoms with E-state index in [9.17, 15) is 0 Å². The van der Waals surface area contributed by atoms with Crippen molar-refractivity contribution >= 4 is 11.5 Å². The Labute approximate surface area is 118 Å². The number of benzene rings is 1. The molecule has 1 saturated carbocycles. The molecule has 0 spiro atoms. The smallest absolute Gasteiger partial charge is 0.172 e. The lowest BCUT2D eigenvalue weighted by Gasteiger charge is -2.27. The van der Waals surface area contributed by atoms with E-state index in [1.807, 2.05) is 12.1 Å². The van der Waals surface area contributed by atoms with Gasteiger partial charge in [0.2, 0.25) is 0 Å². The number of nitrogens with two attached hydrogens (primary N) is 1. The van der Waals surface area contributed by atoms with Gasteiger partial charge >= 0.3 is 0 Å². The first kappa shape index (κ1) is 14.5. The minimum atomic E-state index is 0.103. The van der Waals surface area contributed by atoms with Crippen molar-refractivity contribution in [2.45, 2.75) is 18.9 Å². The second-order valence-electron chi connectivity index (χ2n) is 4.79. The molecule has 0 heterocycles. The average molecular weight is 279 g/mol. The summed E-state index contributed by atoms with van der Waals surface area (Å²) in [5, 5.41) is 12.1. The van der Waals surface area contributed by atoms with Crippen LogP contribution in [0.4, 0.5) is 5.69 Å². The molecule has 6 nitrogen and oxygen atoms in total. The van der Waals surface area contributed by atoms with E-state index in [4.69, 9.17) is 20.4 Å². The number of amidine groups is 1. The molecule has 1 aromatic rings. The third kappa shape index (κ3) is 3.14. The Morgan fingerprint density at radius 2 is 2.20 bits per heavy atom. The number of hydrogen-bond donors (Lipinski definition) is 2. The van der Waals surface area contributed by atoms with Crippen LogP contribution in [-0.4, -0.2) is 44.5 Å². The molecular formula is C14H21N3O3. The van der Waals surface area contributed by atoms with Crippen LogP contribution in [0.1, 0.15) is 18.4 Å². The van der Waals surface area contributed by atoms with Gasteiger partial charge in [-0.1, -0.05) is 5.16 Å². The number of anilines is 1. The second-order valence-corrected chi connectivity index (χ2v) is 4.79. The van der Waals surface area contributed by atoms with Gasteiger partial charge in [0, 0.05) is 31.3 Å². The van der Waals surface area contributed by atoms with Crippen LogP contribution in [0.25, 0.3) is 0 Å². The standard InChI is InChI=1S/C14H21N3O3/c1-19-8-7-17(10-3-4-10)13-9-11(20-2)5-6-12(13)14(15)16-18/h5-6,9-10,18H,3-4,7-8H2,1-2H3,(H2,15,16). The van der Waals surface area contributed by atoms with Gasteiger partial charge in [0.25, 0.3) is 0 Å². The van der Waals surface area contributed by atoms with E-state index in [0.717, 1.165) is 30.8 Å². The average Bonchev–Trinajstić information content (AvgIpc) is 3.31. The summed E-state index contributed by atoms with van der Waals surface area (Å²) in [6.07, 6.45) is 2.30. The number of hydrogen-bond acceptors (Lipinski definition) is 5. The molecule has 3 N–H and O–H groups in total. The topological polar surface area (TPSA) is 80.3 Å². The van der Waals surface area contributed by atoms with Crippen molar-refractivity contribution < 1.29 is 14.7 Å². The van der Waals surface area contributed by atoms with E-state index < -0.39 is 0 Å². The molecule has 20 heavy (non-hydrogen) atoms. The van der Waals surface area contributed by atoms with Crippen LogP contribution in [0.15, 0.2) is 23.4 Å². The van der Waals surface area contributed by atoms with Crippen molar-refractivity contribution in [3.63, 3.8) is 0 Å². The summed E-state index contributed by atoms with van der Waals surface area (Å²) >= 11 is 0. The summed E-state index contributed by atoms with van der Waals surface area (Å²) < 4.78 is 10.4. The number of nitrogens with zero attached hydrogens (tertiary/aromatic N) is 2. The maximum absolute atomic E-state index is 8.94. The van der Waals surface area contributed by atoms with Crippen LogP contribution >= 0.6 is 0 Å². The zero-order valence-corrected chi connectivity index (χ0v) is 11.9. The number of oxime groups is 1. The highest BCUT2D eigenvalue weighted by Crippen LogP contribution is 2.35. The van der Waals surface area contributed by atoms with Crippen LogP contribution in [0.5, 0.6) is 5.75 Å². The lowest BCUT2D eigenvalue weighted by Crippen LogP contribution is -2.31. The van der Waals surface area contributed by atoms with Crippen LogP contribution in [0.3, 0.4) is 0 Å². The highest BCUT2D eigenvalue weighted by atomic mass is 16.5. The van der Waals surface area contributed by atoms with Gasteiger partial charge in [0.05, 0.1) is 19.4 Å². The van der Waals surface area contributed by atoms with Gasteiger partial charge in [-0.05, 0) is 25.0 Å². The van der Waals surface area contributed by atoms with Crippen molar-refractivity contribution in [2.75, 3.05) is 32.3 Å². The van der Waals surface area contributed by atoms with Crippen LogP contribution < -0.4 is 15.4 Å². The molecule has 1 aliphatic rings. The van der Waals surface area contributed by atoms with Crippen LogP contribution in [0.2, 0.25) is 0 Å².